The van der Waals surface area contributed by atoms with Crippen molar-refractivity contribution in [3.8, 4) is 5.75 Å². The normalized spacial score (nSPS) is 27.4. The number of nitrogens with two attached hydrogens (primary N) is 1. The van der Waals surface area contributed by atoms with Gasteiger partial charge in [0, 0.05) is 19.2 Å². The van der Waals surface area contributed by atoms with Crippen molar-refractivity contribution in [2.24, 2.45) is 11.7 Å². The minimum Gasteiger partial charge on any atom is -0.490 e. The number of hydrogen-bond acceptors (Lipinski definition) is 4. The molecule has 5 heteroatoms. The van der Waals surface area contributed by atoms with Gasteiger partial charge >= 0.3 is 0 Å². The fourth-order valence-electron chi connectivity index (χ4n) is 3.48. The van der Waals surface area contributed by atoms with Gasteiger partial charge in [0.1, 0.15) is 12.4 Å². The molecule has 2 heterocycles. The summed E-state index contributed by atoms with van der Waals surface area (Å²) in [5.74, 6) is 1.08. The average Bonchev–Trinajstić information content (AvgIpc) is 3.22. The van der Waals surface area contributed by atoms with E-state index in [9.17, 15) is 4.79 Å². The van der Waals surface area contributed by atoms with Gasteiger partial charge in [0.25, 0.3) is 5.91 Å². The van der Waals surface area contributed by atoms with Crippen molar-refractivity contribution in [2.45, 2.75) is 38.3 Å². The number of carbonyl (C=O) groups excluding carboxylic acids is 1. The molecular weight excluding hydrogens is 292 g/mol. The molecule has 23 heavy (non-hydrogen) atoms. The van der Waals surface area contributed by atoms with Crippen LogP contribution < -0.4 is 10.5 Å². The lowest BCUT2D eigenvalue weighted by molar-refractivity contribution is 0.0647. The maximum absolute atomic E-state index is 12.9. The minimum atomic E-state index is 0.0383. The Kier molecular flexibility index (Phi) is 5.18. The Bertz CT molecular complexity index is 543. The van der Waals surface area contributed by atoms with Crippen molar-refractivity contribution in [1.29, 1.82) is 0 Å². The van der Waals surface area contributed by atoms with Crippen LogP contribution in [0.1, 0.15) is 36.5 Å². The summed E-state index contributed by atoms with van der Waals surface area (Å²) in [6, 6.07) is 7.71. The Morgan fingerprint density at radius 1 is 1.43 bits per heavy atom. The van der Waals surface area contributed by atoms with Crippen molar-refractivity contribution < 1.29 is 14.3 Å². The molecule has 0 radical (unpaired) electrons. The topological polar surface area (TPSA) is 64.8 Å². The second-order valence-electron chi connectivity index (χ2n) is 6.59. The molecule has 1 amide bonds. The molecule has 0 aromatic heterocycles. The summed E-state index contributed by atoms with van der Waals surface area (Å²) in [5.41, 5.74) is 6.40. The van der Waals surface area contributed by atoms with Crippen LogP contribution in [0.3, 0.4) is 0 Å². The van der Waals surface area contributed by atoms with Crippen LogP contribution in [0.5, 0.6) is 5.75 Å². The zero-order valence-corrected chi connectivity index (χ0v) is 13.7. The van der Waals surface area contributed by atoms with Gasteiger partial charge in [-0.1, -0.05) is 12.1 Å². The number of likely N-dealkylation sites (tertiary alicyclic amines) is 1. The number of hydrogen-bond donors (Lipinski definition) is 1. The van der Waals surface area contributed by atoms with E-state index in [2.05, 4.69) is 6.92 Å². The molecular formula is C18H26N2O3. The van der Waals surface area contributed by atoms with Crippen LogP contribution in [-0.4, -0.2) is 49.3 Å². The predicted octanol–water partition coefficient (Wildman–Crippen LogP) is 2.05. The molecule has 3 unspecified atom stereocenters. The maximum Gasteiger partial charge on any atom is 0.257 e. The van der Waals surface area contributed by atoms with Gasteiger partial charge in [0.05, 0.1) is 11.7 Å². The summed E-state index contributed by atoms with van der Waals surface area (Å²) in [6.45, 7) is 4.76. The smallest absolute Gasteiger partial charge is 0.257 e. The third-order valence-corrected chi connectivity index (χ3v) is 4.82. The summed E-state index contributed by atoms with van der Waals surface area (Å²) in [7, 11) is 0. The Morgan fingerprint density at radius 2 is 2.26 bits per heavy atom. The fourth-order valence-corrected chi connectivity index (χ4v) is 3.48. The van der Waals surface area contributed by atoms with Crippen LogP contribution in [0, 0.1) is 5.92 Å². The predicted molar refractivity (Wildman–Crippen MR) is 88.6 cm³/mol. The van der Waals surface area contributed by atoms with Gasteiger partial charge in [0.15, 0.2) is 0 Å². The first-order valence-corrected chi connectivity index (χ1v) is 8.53. The summed E-state index contributed by atoms with van der Waals surface area (Å²) < 4.78 is 11.5. The van der Waals surface area contributed by atoms with Crippen molar-refractivity contribution in [3.63, 3.8) is 0 Å². The highest BCUT2D eigenvalue weighted by atomic mass is 16.5. The molecule has 0 saturated carbocycles. The molecule has 2 aliphatic heterocycles. The molecule has 1 aromatic carbocycles. The summed E-state index contributed by atoms with van der Waals surface area (Å²) in [4.78, 5) is 14.8. The molecule has 2 saturated heterocycles. The van der Waals surface area contributed by atoms with Gasteiger partial charge in [-0.05, 0) is 50.8 Å². The first kappa shape index (κ1) is 16.3. The van der Waals surface area contributed by atoms with Gasteiger partial charge in [-0.3, -0.25) is 4.79 Å². The third-order valence-electron chi connectivity index (χ3n) is 4.82. The van der Waals surface area contributed by atoms with Crippen molar-refractivity contribution in [1.82, 2.24) is 4.90 Å². The van der Waals surface area contributed by atoms with Crippen molar-refractivity contribution in [2.75, 3.05) is 26.3 Å². The molecule has 5 nitrogen and oxygen atoms in total. The van der Waals surface area contributed by atoms with E-state index >= 15 is 0 Å². The number of ether oxygens (including phenoxy) is 2. The number of amides is 1. The standard InChI is InChI=1S/C18H26N2O3/c1-13-9-14(10-19)11-20(13)18(21)16-6-2-3-7-17(16)23-12-15-5-4-8-22-15/h2-3,6-7,13-15H,4-5,8-12,19H2,1H3. The number of nitrogens with zero attached hydrogens (tertiary/aromatic N) is 1. The lowest BCUT2D eigenvalue weighted by Crippen LogP contribution is -2.34. The Labute approximate surface area is 137 Å². The second-order valence-corrected chi connectivity index (χ2v) is 6.59. The fraction of sp³-hybridized carbons (Fsp3) is 0.611. The maximum atomic E-state index is 12.9. The van der Waals surface area contributed by atoms with Gasteiger partial charge in [-0.15, -0.1) is 0 Å². The van der Waals surface area contributed by atoms with Gasteiger partial charge in [-0.2, -0.15) is 0 Å². The van der Waals surface area contributed by atoms with Crippen LogP contribution in [0.2, 0.25) is 0 Å². The van der Waals surface area contributed by atoms with E-state index in [0.717, 1.165) is 32.4 Å². The molecule has 126 valence electrons. The Hall–Kier alpha value is -1.59. The number of para-hydroxylation sites is 1. The van der Waals surface area contributed by atoms with Crippen LogP contribution in [0.15, 0.2) is 24.3 Å². The highest BCUT2D eigenvalue weighted by molar-refractivity contribution is 5.97. The monoisotopic (exact) mass is 318 g/mol. The minimum absolute atomic E-state index is 0.0383. The van der Waals surface area contributed by atoms with Gasteiger partial charge in [-0.25, -0.2) is 0 Å². The third kappa shape index (κ3) is 3.67. The van der Waals surface area contributed by atoms with E-state index in [1.807, 2.05) is 29.2 Å². The first-order valence-electron chi connectivity index (χ1n) is 8.53. The molecule has 2 fully saturated rings. The molecule has 0 spiro atoms. The summed E-state index contributed by atoms with van der Waals surface area (Å²) >= 11 is 0. The van der Waals surface area contributed by atoms with Gasteiger partial charge in [0.2, 0.25) is 0 Å². The quantitative estimate of drug-likeness (QED) is 0.902. The molecule has 0 aliphatic carbocycles. The van der Waals surface area contributed by atoms with Crippen LogP contribution in [-0.2, 0) is 4.74 Å². The number of benzene rings is 1. The SMILES string of the molecule is CC1CC(CN)CN1C(=O)c1ccccc1OCC1CCCO1. The zero-order valence-electron chi connectivity index (χ0n) is 13.7. The van der Waals surface area contributed by atoms with E-state index in [0.29, 0.717) is 30.4 Å². The van der Waals surface area contributed by atoms with Gasteiger partial charge < -0.3 is 20.1 Å². The van der Waals surface area contributed by atoms with E-state index in [4.69, 9.17) is 15.2 Å². The largest absolute Gasteiger partial charge is 0.490 e. The Morgan fingerprint density at radius 3 is 2.96 bits per heavy atom. The average molecular weight is 318 g/mol. The van der Waals surface area contributed by atoms with Crippen molar-refractivity contribution in [3.05, 3.63) is 29.8 Å². The van der Waals surface area contributed by atoms with Crippen LogP contribution in [0.4, 0.5) is 0 Å². The summed E-state index contributed by atoms with van der Waals surface area (Å²) in [5, 5.41) is 0. The number of carbonyl (C=O) groups is 1. The van der Waals surface area contributed by atoms with E-state index in [1.54, 1.807) is 0 Å². The van der Waals surface area contributed by atoms with E-state index < -0.39 is 0 Å². The molecule has 1 aromatic rings. The summed E-state index contributed by atoms with van der Waals surface area (Å²) in [6.07, 6.45) is 3.23. The number of rotatable bonds is 5. The van der Waals surface area contributed by atoms with Crippen molar-refractivity contribution >= 4 is 5.91 Å². The van der Waals surface area contributed by atoms with Crippen LogP contribution in [0.25, 0.3) is 0 Å². The molecule has 2 aliphatic rings. The lowest BCUT2D eigenvalue weighted by Gasteiger charge is -2.23. The molecule has 0 bridgehead atoms. The van der Waals surface area contributed by atoms with E-state index in [1.165, 1.54) is 0 Å². The molecule has 2 N–H and O–H groups in total. The molecule has 3 atom stereocenters. The van der Waals surface area contributed by atoms with Crippen LogP contribution >= 0.6 is 0 Å². The van der Waals surface area contributed by atoms with E-state index in [-0.39, 0.29) is 18.1 Å². The first-order chi connectivity index (χ1) is 11.2. The highest BCUT2D eigenvalue weighted by Crippen LogP contribution is 2.28. The second kappa shape index (κ2) is 7.32. The lowest BCUT2D eigenvalue weighted by atomic mass is 10.1. The Balaban J connectivity index is 1.70. The molecule has 3 rings (SSSR count). The highest BCUT2D eigenvalue weighted by Gasteiger charge is 2.33. The zero-order chi connectivity index (χ0) is 16.2.